The van der Waals surface area contributed by atoms with Crippen molar-refractivity contribution in [2.75, 3.05) is 14.2 Å². The van der Waals surface area contributed by atoms with Gasteiger partial charge in [-0.2, -0.15) is 0 Å². The van der Waals surface area contributed by atoms with Gasteiger partial charge in [0.05, 0.1) is 19.9 Å². The van der Waals surface area contributed by atoms with Crippen LogP contribution in [0.3, 0.4) is 0 Å². The monoisotopic (exact) mass is 324 g/mol. The predicted molar refractivity (Wildman–Crippen MR) is 90.6 cm³/mol. The SMILES string of the molecule is COc1ccccc1N=Nc1c(-c2ccccc2OC)[nH][nH]c1=O. The summed E-state index contributed by atoms with van der Waals surface area (Å²) in [4.78, 5) is 12.1. The minimum absolute atomic E-state index is 0.172. The van der Waals surface area contributed by atoms with Crippen molar-refractivity contribution in [2.24, 2.45) is 10.2 Å². The van der Waals surface area contributed by atoms with Gasteiger partial charge in [-0.15, -0.1) is 10.2 Å². The number of H-pyrrole nitrogens is 2. The number of methoxy groups -OCH3 is 2. The van der Waals surface area contributed by atoms with Gasteiger partial charge in [-0.05, 0) is 24.3 Å². The molecule has 3 rings (SSSR count). The Bertz CT molecular complexity index is 927. The van der Waals surface area contributed by atoms with Gasteiger partial charge >= 0.3 is 0 Å². The summed E-state index contributed by atoms with van der Waals surface area (Å²) in [6.45, 7) is 0. The Morgan fingerprint density at radius 3 is 2.25 bits per heavy atom. The van der Waals surface area contributed by atoms with Crippen LogP contribution in [0.15, 0.2) is 63.6 Å². The molecular weight excluding hydrogens is 308 g/mol. The molecule has 3 aromatic rings. The molecule has 24 heavy (non-hydrogen) atoms. The number of para-hydroxylation sites is 2. The standard InChI is InChI=1S/C17H16N4O3/c1-23-13-9-5-3-7-11(13)15-16(17(22)21-19-15)20-18-12-8-4-6-10-14(12)24-2/h3-10H,1-2H3,(H2,19,21,22). The maximum atomic E-state index is 12.1. The van der Waals surface area contributed by atoms with Crippen LogP contribution in [-0.4, -0.2) is 24.4 Å². The van der Waals surface area contributed by atoms with Gasteiger partial charge in [-0.1, -0.05) is 24.3 Å². The van der Waals surface area contributed by atoms with Crippen LogP contribution in [0.2, 0.25) is 0 Å². The summed E-state index contributed by atoms with van der Waals surface area (Å²) in [5.74, 6) is 1.20. The first-order valence-corrected chi connectivity index (χ1v) is 7.23. The molecule has 0 aliphatic rings. The van der Waals surface area contributed by atoms with Gasteiger partial charge in [-0.25, -0.2) is 0 Å². The van der Waals surface area contributed by atoms with Crippen molar-refractivity contribution >= 4 is 11.4 Å². The van der Waals surface area contributed by atoms with E-state index >= 15 is 0 Å². The van der Waals surface area contributed by atoms with Crippen LogP contribution >= 0.6 is 0 Å². The van der Waals surface area contributed by atoms with Crippen LogP contribution in [0, 0.1) is 0 Å². The molecule has 0 atom stereocenters. The van der Waals surface area contributed by atoms with E-state index in [-0.39, 0.29) is 11.2 Å². The fraction of sp³-hybridized carbons (Fsp3) is 0.118. The molecule has 0 saturated heterocycles. The maximum absolute atomic E-state index is 12.1. The number of nitrogens with one attached hydrogen (secondary N) is 2. The van der Waals surface area contributed by atoms with Crippen molar-refractivity contribution in [3.63, 3.8) is 0 Å². The number of hydrogen-bond acceptors (Lipinski definition) is 5. The molecule has 0 aliphatic heterocycles. The van der Waals surface area contributed by atoms with E-state index in [1.54, 1.807) is 26.4 Å². The molecule has 1 heterocycles. The third kappa shape index (κ3) is 2.91. The molecule has 1 aromatic heterocycles. The first-order chi connectivity index (χ1) is 11.7. The number of ether oxygens (including phenoxy) is 2. The average molecular weight is 324 g/mol. The first kappa shape index (κ1) is 15.5. The second-order valence-corrected chi connectivity index (χ2v) is 4.87. The van der Waals surface area contributed by atoms with Crippen LogP contribution in [0.4, 0.5) is 11.4 Å². The predicted octanol–water partition coefficient (Wildman–Crippen LogP) is 3.80. The second kappa shape index (κ2) is 6.82. The zero-order valence-electron chi connectivity index (χ0n) is 13.2. The second-order valence-electron chi connectivity index (χ2n) is 4.87. The van der Waals surface area contributed by atoms with E-state index < -0.39 is 0 Å². The molecule has 7 nitrogen and oxygen atoms in total. The van der Waals surface area contributed by atoms with Crippen molar-refractivity contribution in [2.45, 2.75) is 0 Å². The van der Waals surface area contributed by atoms with Gasteiger partial charge in [0.15, 0.2) is 5.69 Å². The first-order valence-electron chi connectivity index (χ1n) is 7.23. The van der Waals surface area contributed by atoms with E-state index in [0.717, 1.165) is 0 Å². The van der Waals surface area contributed by atoms with Gasteiger partial charge < -0.3 is 9.47 Å². The lowest BCUT2D eigenvalue weighted by Gasteiger charge is -2.06. The molecule has 0 spiro atoms. The Morgan fingerprint density at radius 1 is 0.833 bits per heavy atom. The highest BCUT2D eigenvalue weighted by atomic mass is 16.5. The fourth-order valence-electron chi connectivity index (χ4n) is 2.31. The quantitative estimate of drug-likeness (QED) is 0.699. The van der Waals surface area contributed by atoms with E-state index in [2.05, 4.69) is 20.4 Å². The summed E-state index contributed by atoms with van der Waals surface area (Å²) in [7, 11) is 3.12. The normalized spacial score (nSPS) is 10.9. The molecule has 2 aromatic carbocycles. The van der Waals surface area contributed by atoms with Crippen molar-refractivity contribution in [1.29, 1.82) is 0 Å². The Hall–Kier alpha value is -3.35. The molecule has 2 N–H and O–H groups in total. The van der Waals surface area contributed by atoms with Crippen LogP contribution in [-0.2, 0) is 0 Å². The summed E-state index contributed by atoms with van der Waals surface area (Å²) in [5, 5.41) is 13.6. The fourth-order valence-corrected chi connectivity index (χ4v) is 2.31. The highest BCUT2D eigenvalue weighted by Crippen LogP contribution is 2.34. The van der Waals surface area contributed by atoms with Crippen LogP contribution in [0.25, 0.3) is 11.3 Å². The van der Waals surface area contributed by atoms with Crippen molar-refractivity contribution < 1.29 is 9.47 Å². The Balaban J connectivity index is 2.05. The van der Waals surface area contributed by atoms with E-state index in [1.807, 2.05) is 36.4 Å². The molecule has 0 amide bonds. The molecule has 0 aliphatic carbocycles. The summed E-state index contributed by atoms with van der Waals surface area (Å²) < 4.78 is 10.6. The Labute approximate surface area is 138 Å². The minimum atomic E-state index is -0.366. The summed E-state index contributed by atoms with van der Waals surface area (Å²) in [6, 6.07) is 14.5. The van der Waals surface area contributed by atoms with Crippen LogP contribution in [0.1, 0.15) is 0 Å². The zero-order chi connectivity index (χ0) is 16.9. The average Bonchev–Trinajstić information content (AvgIpc) is 3.00. The van der Waals surface area contributed by atoms with Crippen molar-refractivity contribution in [1.82, 2.24) is 10.2 Å². The van der Waals surface area contributed by atoms with Gasteiger partial charge in [0.2, 0.25) is 0 Å². The highest BCUT2D eigenvalue weighted by molar-refractivity contribution is 5.76. The minimum Gasteiger partial charge on any atom is -0.496 e. The van der Waals surface area contributed by atoms with E-state index in [1.165, 1.54) is 0 Å². The van der Waals surface area contributed by atoms with Gasteiger partial charge in [-0.3, -0.25) is 15.0 Å². The third-order valence-electron chi connectivity index (χ3n) is 3.47. The molecule has 0 fully saturated rings. The van der Waals surface area contributed by atoms with Crippen LogP contribution in [0.5, 0.6) is 11.5 Å². The molecule has 0 radical (unpaired) electrons. The Kier molecular flexibility index (Phi) is 4.42. The third-order valence-corrected chi connectivity index (χ3v) is 3.47. The molecule has 7 heteroatoms. The number of rotatable bonds is 5. The number of aromatic amines is 2. The maximum Gasteiger partial charge on any atom is 0.292 e. The highest BCUT2D eigenvalue weighted by Gasteiger charge is 2.15. The molecule has 0 bridgehead atoms. The number of aromatic nitrogens is 2. The molecular formula is C17H16N4O3. The van der Waals surface area contributed by atoms with Gasteiger partial charge in [0.25, 0.3) is 5.56 Å². The summed E-state index contributed by atoms with van der Waals surface area (Å²) in [6.07, 6.45) is 0. The summed E-state index contributed by atoms with van der Waals surface area (Å²) in [5.41, 5.74) is 1.56. The van der Waals surface area contributed by atoms with Gasteiger partial charge in [0.1, 0.15) is 17.2 Å². The van der Waals surface area contributed by atoms with E-state index in [0.29, 0.717) is 28.4 Å². The molecule has 122 valence electrons. The Morgan fingerprint density at radius 2 is 1.50 bits per heavy atom. The molecule has 0 unspecified atom stereocenters. The van der Waals surface area contributed by atoms with Crippen LogP contribution < -0.4 is 15.0 Å². The lowest BCUT2D eigenvalue weighted by Crippen LogP contribution is -1.96. The summed E-state index contributed by atoms with van der Waals surface area (Å²) >= 11 is 0. The number of hydrogen-bond donors (Lipinski definition) is 2. The molecule has 0 saturated carbocycles. The largest absolute Gasteiger partial charge is 0.496 e. The van der Waals surface area contributed by atoms with E-state index in [4.69, 9.17) is 9.47 Å². The lowest BCUT2D eigenvalue weighted by atomic mass is 10.1. The number of azo groups is 1. The zero-order valence-corrected chi connectivity index (χ0v) is 13.2. The lowest BCUT2D eigenvalue weighted by molar-refractivity contribution is 0.416. The smallest absolute Gasteiger partial charge is 0.292 e. The van der Waals surface area contributed by atoms with Crippen molar-refractivity contribution in [3.05, 3.63) is 58.9 Å². The number of nitrogens with zero attached hydrogens (tertiary/aromatic N) is 2. The van der Waals surface area contributed by atoms with E-state index in [9.17, 15) is 4.79 Å². The number of benzene rings is 2. The van der Waals surface area contributed by atoms with Crippen molar-refractivity contribution in [3.8, 4) is 22.8 Å². The topological polar surface area (TPSA) is 91.8 Å². The van der Waals surface area contributed by atoms with Gasteiger partial charge in [0, 0.05) is 5.56 Å².